The highest BCUT2D eigenvalue weighted by atomic mass is 19.1. The number of carbonyl (C=O) groups excluding carboxylic acids is 1. The minimum Gasteiger partial charge on any atom is -0.380 e. The van der Waals surface area contributed by atoms with E-state index < -0.39 is 0 Å². The first-order valence-corrected chi connectivity index (χ1v) is 10.2. The van der Waals surface area contributed by atoms with Gasteiger partial charge in [0.1, 0.15) is 5.82 Å². The van der Waals surface area contributed by atoms with Crippen molar-refractivity contribution in [1.82, 2.24) is 10.2 Å². The maximum Gasteiger partial charge on any atom is 0.251 e. The summed E-state index contributed by atoms with van der Waals surface area (Å²) in [7, 11) is 1.64. The van der Waals surface area contributed by atoms with Crippen molar-refractivity contribution in [2.75, 3.05) is 44.7 Å². The zero-order valence-electron chi connectivity index (χ0n) is 17.5. The van der Waals surface area contributed by atoms with Crippen molar-refractivity contribution < 1.29 is 13.9 Å². The second-order valence-corrected chi connectivity index (χ2v) is 7.45. The number of amides is 1. The van der Waals surface area contributed by atoms with Gasteiger partial charge in [-0.1, -0.05) is 19.1 Å². The highest BCUT2D eigenvalue weighted by Gasteiger charge is 2.22. The van der Waals surface area contributed by atoms with Crippen LogP contribution in [-0.2, 0) is 11.3 Å². The molecule has 1 N–H and O–H groups in total. The van der Waals surface area contributed by atoms with Gasteiger partial charge in [-0.05, 0) is 49.4 Å². The Morgan fingerprint density at radius 1 is 1.14 bits per heavy atom. The van der Waals surface area contributed by atoms with E-state index in [2.05, 4.69) is 22.0 Å². The molecule has 1 amide bonds. The van der Waals surface area contributed by atoms with Gasteiger partial charge in [-0.3, -0.25) is 4.79 Å². The molecule has 156 valence electrons. The number of nitrogens with zero attached hydrogens (tertiary/aromatic N) is 2. The largest absolute Gasteiger partial charge is 0.380 e. The first-order chi connectivity index (χ1) is 14.0. The first kappa shape index (κ1) is 21.3. The normalized spacial score (nSPS) is 15.9. The molecule has 0 aliphatic carbocycles. The Morgan fingerprint density at radius 3 is 2.45 bits per heavy atom. The predicted octanol–water partition coefficient (Wildman–Crippen LogP) is 3.61. The van der Waals surface area contributed by atoms with Crippen LogP contribution in [0.4, 0.5) is 10.1 Å². The molecule has 3 rings (SSSR count). The second kappa shape index (κ2) is 9.85. The van der Waals surface area contributed by atoms with Gasteiger partial charge in [-0.25, -0.2) is 4.39 Å². The van der Waals surface area contributed by atoms with Crippen LogP contribution < -0.4 is 10.2 Å². The molecule has 29 heavy (non-hydrogen) atoms. The van der Waals surface area contributed by atoms with E-state index in [1.807, 2.05) is 25.1 Å². The quantitative estimate of drug-likeness (QED) is 0.773. The van der Waals surface area contributed by atoms with Crippen molar-refractivity contribution in [3.63, 3.8) is 0 Å². The third kappa shape index (κ3) is 5.34. The average Bonchev–Trinajstić information content (AvgIpc) is 2.74. The Morgan fingerprint density at radius 2 is 1.83 bits per heavy atom. The fourth-order valence-corrected chi connectivity index (χ4v) is 3.74. The monoisotopic (exact) mass is 399 g/mol. The first-order valence-electron chi connectivity index (χ1n) is 10.2. The number of likely N-dealkylation sites (N-methyl/N-ethyl adjacent to an activating group) is 1. The SMILES string of the molecule is CCN1CCN(c2ccc(F)cc2C(C)NC(=O)c2ccc(COC)cc2)CC1. The highest BCUT2D eigenvalue weighted by Crippen LogP contribution is 2.28. The van der Waals surface area contributed by atoms with Crippen LogP contribution in [0.2, 0.25) is 0 Å². The van der Waals surface area contributed by atoms with Crippen molar-refractivity contribution in [2.45, 2.75) is 26.5 Å². The summed E-state index contributed by atoms with van der Waals surface area (Å²) in [5.74, 6) is -0.464. The molecule has 1 aliphatic heterocycles. The number of ether oxygens (including phenoxy) is 1. The smallest absolute Gasteiger partial charge is 0.251 e. The summed E-state index contributed by atoms with van der Waals surface area (Å²) in [5, 5.41) is 3.02. The molecule has 0 bridgehead atoms. The molecule has 5 nitrogen and oxygen atoms in total. The molecule has 6 heteroatoms. The Hall–Kier alpha value is -2.44. The number of benzene rings is 2. The van der Waals surface area contributed by atoms with Crippen LogP contribution in [0, 0.1) is 5.82 Å². The molecule has 1 atom stereocenters. The predicted molar refractivity (Wildman–Crippen MR) is 114 cm³/mol. The minimum atomic E-state index is -0.309. The van der Waals surface area contributed by atoms with Crippen LogP contribution in [0.3, 0.4) is 0 Å². The third-order valence-electron chi connectivity index (χ3n) is 5.49. The van der Waals surface area contributed by atoms with Gasteiger partial charge < -0.3 is 19.9 Å². The van der Waals surface area contributed by atoms with Crippen molar-refractivity contribution in [3.8, 4) is 0 Å². The Balaban J connectivity index is 1.73. The summed E-state index contributed by atoms with van der Waals surface area (Å²) in [4.78, 5) is 17.4. The van der Waals surface area contributed by atoms with Crippen LogP contribution in [0.5, 0.6) is 0 Å². The fourth-order valence-electron chi connectivity index (χ4n) is 3.74. The van der Waals surface area contributed by atoms with Gasteiger partial charge in [-0.15, -0.1) is 0 Å². The molecular weight excluding hydrogens is 369 g/mol. The molecular formula is C23H30FN3O2. The van der Waals surface area contributed by atoms with E-state index in [9.17, 15) is 9.18 Å². The topological polar surface area (TPSA) is 44.8 Å². The minimum absolute atomic E-state index is 0.174. The Labute approximate surface area is 172 Å². The van der Waals surface area contributed by atoms with Crippen molar-refractivity contribution in [3.05, 3.63) is 65.0 Å². The number of nitrogens with one attached hydrogen (secondary N) is 1. The van der Waals surface area contributed by atoms with Gasteiger partial charge in [0.05, 0.1) is 12.6 Å². The molecule has 1 aliphatic rings. The van der Waals surface area contributed by atoms with Crippen LogP contribution >= 0.6 is 0 Å². The van der Waals surface area contributed by atoms with E-state index in [4.69, 9.17) is 4.74 Å². The van der Waals surface area contributed by atoms with Gasteiger partial charge in [0.15, 0.2) is 0 Å². The summed E-state index contributed by atoms with van der Waals surface area (Å²) in [6.07, 6.45) is 0. The lowest BCUT2D eigenvalue weighted by atomic mass is 10.0. The number of piperazine rings is 1. The highest BCUT2D eigenvalue weighted by molar-refractivity contribution is 5.94. The molecule has 2 aromatic carbocycles. The van der Waals surface area contributed by atoms with Crippen LogP contribution in [0.15, 0.2) is 42.5 Å². The molecule has 2 aromatic rings. The molecule has 1 unspecified atom stereocenters. The van der Waals surface area contributed by atoms with Crippen molar-refractivity contribution in [2.24, 2.45) is 0 Å². The number of hydrogen-bond acceptors (Lipinski definition) is 4. The second-order valence-electron chi connectivity index (χ2n) is 7.45. The summed E-state index contributed by atoms with van der Waals surface area (Å²) in [5.41, 5.74) is 3.38. The van der Waals surface area contributed by atoms with Crippen molar-refractivity contribution >= 4 is 11.6 Å². The Kier molecular flexibility index (Phi) is 7.23. The lowest BCUT2D eigenvalue weighted by Gasteiger charge is -2.37. The Bertz CT molecular complexity index is 817. The van der Waals surface area contributed by atoms with E-state index in [1.54, 1.807) is 19.2 Å². The van der Waals surface area contributed by atoms with Gasteiger partial charge in [0.2, 0.25) is 0 Å². The fraction of sp³-hybridized carbons (Fsp3) is 0.435. The maximum atomic E-state index is 14.0. The van der Waals surface area contributed by atoms with Gasteiger partial charge in [0, 0.05) is 50.1 Å². The number of rotatable bonds is 7. The third-order valence-corrected chi connectivity index (χ3v) is 5.49. The number of halogens is 1. The molecule has 1 heterocycles. The zero-order valence-corrected chi connectivity index (χ0v) is 17.5. The van der Waals surface area contributed by atoms with Crippen molar-refractivity contribution in [1.29, 1.82) is 0 Å². The van der Waals surface area contributed by atoms with Gasteiger partial charge in [-0.2, -0.15) is 0 Å². The van der Waals surface area contributed by atoms with E-state index >= 15 is 0 Å². The lowest BCUT2D eigenvalue weighted by Crippen LogP contribution is -2.46. The summed E-state index contributed by atoms with van der Waals surface area (Å²) < 4.78 is 19.1. The number of hydrogen-bond donors (Lipinski definition) is 1. The molecule has 0 radical (unpaired) electrons. The number of methoxy groups -OCH3 is 1. The standard InChI is InChI=1S/C23H30FN3O2/c1-4-26-11-13-27(14-12-26)22-10-9-20(24)15-21(22)17(2)25-23(28)19-7-5-18(6-8-19)16-29-3/h5-10,15,17H,4,11-14,16H2,1-3H3,(H,25,28). The zero-order chi connectivity index (χ0) is 20.8. The average molecular weight is 400 g/mol. The van der Waals surface area contributed by atoms with Gasteiger partial charge in [0.25, 0.3) is 5.91 Å². The number of anilines is 1. The number of carbonyl (C=O) groups is 1. The van der Waals surface area contributed by atoms with Crippen LogP contribution in [0.25, 0.3) is 0 Å². The summed E-state index contributed by atoms with van der Waals surface area (Å²) in [6, 6.07) is 11.9. The van der Waals surface area contributed by atoms with Crippen LogP contribution in [0.1, 0.15) is 41.4 Å². The maximum absolute atomic E-state index is 14.0. The molecule has 0 saturated carbocycles. The molecule has 0 spiro atoms. The summed E-state index contributed by atoms with van der Waals surface area (Å²) in [6.45, 7) is 9.39. The van der Waals surface area contributed by atoms with E-state index in [0.29, 0.717) is 12.2 Å². The van der Waals surface area contributed by atoms with E-state index in [0.717, 1.165) is 49.5 Å². The van der Waals surface area contributed by atoms with E-state index in [1.165, 1.54) is 12.1 Å². The summed E-state index contributed by atoms with van der Waals surface area (Å²) >= 11 is 0. The molecule has 1 fully saturated rings. The molecule has 0 aromatic heterocycles. The van der Waals surface area contributed by atoms with E-state index in [-0.39, 0.29) is 17.8 Å². The molecule has 1 saturated heterocycles. The van der Waals surface area contributed by atoms with Gasteiger partial charge >= 0.3 is 0 Å². The lowest BCUT2D eigenvalue weighted by molar-refractivity contribution is 0.0939. The van der Waals surface area contributed by atoms with Crippen LogP contribution in [-0.4, -0.2) is 50.6 Å².